The Morgan fingerprint density at radius 1 is 1.31 bits per heavy atom. The topological polar surface area (TPSA) is 17.1 Å². The van der Waals surface area contributed by atoms with E-state index in [-0.39, 0.29) is 11.0 Å². The van der Waals surface area contributed by atoms with Crippen molar-refractivity contribution >= 4 is 16.9 Å². The monoisotopic (exact) mass is 194 g/mol. The van der Waals surface area contributed by atoms with Crippen LogP contribution in [0.25, 0.3) is 0 Å². The molecule has 70 valence electrons. The first kappa shape index (κ1) is 10.3. The van der Waals surface area contributed by atoms with Crippen LogP contribution >= 0.6 is 11.8 Å². The van der Waals surface area contributed by atoms with Crippen molar-refractivity contribution < 1.29 is 4.79 Å². The van der Waals surface area contributed by atoms with Crippen LogP contribution < -0.4 is 0 Å². The minimum absolute atomic E-state index is 0.133. The van der Waals surface area contributed by atoms with Crippen molar-refractivity contribution in [2.45, 2.75) is 19.6 Å². The van der Waals surface area contributed by atoms with Crippen LogP contribution in [0.2, 0.25) is 0 Å². The van der Waals surface area contributed by atoms with E-state index >= 15 is 0 Å². The Kier molecular flexibility index (Phi) is 4.03. The number of carbonyl (C=O) groups is 1. The van der Waals surface area contributed by atoms with Crippen LogP contribution in [0, 0.1) is 5.92 Å². The molecule has 0 saturated heterocycles. The van der Waals surface area contributed by atoms with Gasteiger partial charge in [0.05, 0.1) is 0 Å². The lowest BCUT2D eigenvalue weighted by Crippen LogP contribution is -2.01. The Balaban J connectivity index is 2.40. The predicted octanol–water partition coefficient (Wildman–Crippen LogP) is 3.10. The summed E-state index contributed by atoms with van der Waals surface area (Å²) >= 11 is 1.40. The molecule has 0 fully saturated rings. The first-order valence-corrected chi connectivity index (χ1v) is 5.39. The third-order valence-electron chi connectivity index (χ3n) is 1.70. The lowest BCUT2D eigenvalue weighted by Gasteiger charge is -2.02. The van der Waals surface area contributed by atoms with Gasteiger partial charge in [-0.1, -0.05) is 55.9 Å². The number of benzene rings is 1. The van der Waals surface area contributed by atoms with Crippen LogP contribution in [0.4, 0.5) is 0 Å². The number of rotatable bonds is 3. The van der Waals surface area contributed by atoms with Gasteiger partial charge in [-0.05, 0) is 5.56 Å². The van der Waals surface area contributed by atoms with Gasteiger partial charge in [-0.3, -0.25) is 4.79 Å². The maximum atomic E-state index is 11.3. The Morgan fingerprint density at radius 2 is 1.92 bits per heavy atom. The SMILES string of the molecule is CC(C)C(=O)SCc1ccccc1. The fraction of sp³-hybridized carbons (Fsp3) is 0.364. The Hall–Kier alpha value is -0.760. The molecule has 0 heterocycles. The average molecular weight is 194 g/mol. The van der Waals surface area contributed by atoms with Gasteiger partial charge in [-0.2, -0.15) is 0 Å². The Bertz CT molecular complexity index is 267. The van der Waals surface area contributed by atoms with Crippen LogP contribution in [0.1, 0.15) is 19.4 Å². The lowest BCUT2D eigenvalue weighted by atomic mass is 10.2. The first-order valence-electron chi connectivity index (χ1n) is 4.40. The van der Waals surface area contributed by atoms with Crippen LogP contribution in [-0.4, -0.2) is 5.12 Å². The summed E-state index contributed by atoms with van der Waals surface area (Å²) in [7, 11) is 0. The van der Waals surface area contributed by atoms with Crippen molar-refractivity contribution in [2.24, 2.45) is 5.92 Å². The Morgan fingerprint density at radius 3 is 2.46 bits per heavy atom. The zero-order chi connectivity index (χ0) is 9.68. The zero-order valence-corrected chi connectivity index (χ0v) is 8.80. The molecule has 0 saturated carbocycles. The summed E-state index contributed by atoms with van der Waals surface area (Å²) in [6.45, 7) is 3.86. The molecule has 0 aromatic heterocycles. The van der Waals surface area contributed by atoms with Gasteiger partial charge in [0.15, 0.2) is 5.12 Å². The quantitative estimate of drug-likeness (QED) is 0.735. The van der Waals surface area contributed by atoms with Crippen molar-refractivity contribution in [3.8, 4) is 0 Å². The maximum Gasteiger partial charge on any atom is 0.191 e. The summed E-state index contributed by atoms with van der Waals surface area (Å²) < 4.78 is 0. The highest BCUT2D eigenvalue weighted by Crippen LogP contribution is 2.16. The molecule has 0 unspecified atom stereocenters. The van der Waals surface area contributed by atoms with E-state index in [1.165, 1.54) is 17.3 Å². The van der Waals surface area contributed by atoms with E-state index in [4.69, 9.17) is 0 Å². The second-order valence-corrected chi connectivity index (χ2v) is 4.23. The highest BCUT2D eigenvalue weighted by Gasteiger charge is 2.07. The molecule has 0 radical (unpaired) electrons. The largest absolute Gasteiger partial charge is 0.287 e. The minimum Gasteiger partial charge on any atom is -0.287 e. The van der Waals surface area contributed by atoms with E-state index in [9.17, 15) is 4.79 Å². The van der Waals surface area contributed by atoms with E-state index in [0.29, 0.717) is 0 Å². The van der Waals surface area contributed by atoms with Gasteiger partial charge in [0.1, 0.15) is 0 Å². The molecule has 2 heteroatoms. The normalized spacial score (nSPS) is 10.4. The number of carbonyl (C=O) groups excluding carboxylic acids is 1. The second kappa shape index (κ2) is 5.07. The molecule has 0 N–H and O–H groups in total. The van der Waals surface area contributed by atoms with Crippen molar-refractivity contribution in [1.82, 2.24) is 0 Å². The smallest absolute Gasteiger partial charge is 0.191 e. The van der Waals surface area contributed by atoms with Gasteiger partial charge in [-0.15, -0.1) is 0 Å². The van der Waals surface area contributed by atoms with Crippen LogP contribution in [0.3, 0.4) is 0 Å². The van der Waals surface area contributed by atoms with Gasteiger partial charge in [0, 0.05) is 11.7 Å². The van der Waals surface area contributed by atoms with E-state index in [0.717, 1.165) is 5.75 Å². The predicted molar refractivity (Wildman–Crippen MR) is 57.6 cm³/mol. The summed E-state index contributed by atoms with van der Waals surface area (Å²) in [5, 5.41) is 0.267. The number of hydrogen-bond donors (Lipinski definition) is 0. The third kappa shape index (κ3) is 3.64. The van der Waals surface area contributed by atoms with Gasteiger partial charge < -0.3 is 0 Å². The molecule has 1 nitrogen and oxygen atoms in total. The molecule has 0 aliphatic carbocycles. The van der Waals surface area contributed by atoms with Crippen LogP contribution in [0.5, 0.6) is 0 Å². The molecule has 1 rings (SSSR count). The van der Waals surface area contributed by atoms with Crippen molar-refractivity contribution in [1.29, 1.82) is 0 Å². The maximum absolute atomic E-state index is 11.3. The zero-order valence-electron chi connectivity index (χ0n) is 7.99. The van der Waals surface area contributed by atoms with Crippen LogP contribution in [0.15, 0.2) is 30.3 Å². The summed E-state index contributed by atoms with van der Waals surface area (Å²) in [6, 6.07) is 10.1. The molecule has 1 aromatic carbocycles. The van der Waals surface area contributed by atoms with E-state index < -0.39 is 0 Å². The van der Waals surface area contributed by atoms with Crippen LogP contribution in [-0.2, 0) is 10.5 Å². The average Bonchev–Trinajstić information content (AvgIpc) is 2.15. The number of hydrogen-bond acceptors (Lipinski definition) is 2. The third-order valence-corrected chi connectivity index (χ3v) is 2.93. The summed E-state index contributed by atoms with van der Waals surface area (Å²) in [6.07, 6.45) is 0. The van der Waals surface area contributed by atoms with Crippen molar-refractivity contribution in [3.05, 3.63) is 35.9 Å². The highest BCUT2D eigenvalue weighted by atomic mass is 32.2. The molecule has 0 aliphatic rings. The standard InChI is InChI=1S/C11H14OS/c1-9(2)11(12)13-8-10-6-4-3-5-7-10/h3-7,9H,8H2,1-2H3. The lowest BCUT2D eigenvalue weighted by molar-refractivity contribution is -0.113. The molecular weight excluding hydrogens is 180 g/mol. The van der Waals surface area contributed by atoms with E-state index in [1.807, 2.05) is 44.2 Å². The molecule has 0 atom stereocenters. The van der Waals surface area contributed by atoms with Gasteiger partial charge in [-0.25, -0.2) is 0 Å². The molecule has 13 heavy (non-hydrogen) atoms. The fourth-order valence-electron chi connectivity index (χ4n) is 0.895. The second-order valence-electron chi connectivity index (χ2n) is 3.25. The molecular formula is C11H14OS. The fourth-order valence-corrected chi connectivity index (χ4v) is 1.73. The van der Waals surface area contributed by atoms with E-state index in [1.54, 1.807) is 0 Å². The summed E-state index contributed by atoms with van der Waals surface area (Å²) in [4.78, 5) is 11.3. The van der Waals surface area contributed by atoms with Gasteiger partial charge >= 0.3 is 0 Å². The van der Waals surface area contributed by atoms with Crippen molar-refractivity contribution in [3.63, 3.8) is 0 Å². The Labute approximate surface area is 83.5 Å². The highest BCUT2D eigenvalue weighted by molar-refractivity contribution is 8.13. The van der Waals surface area contributed by atoms with Crippen molar-refractivity contribution in [2.75, 3.05) is 0 Å². The number of thioether (sulfide) groups is 1. The summed E-state index contributed by atoms with van der Waals surface area (Å²) in [5.74, 6) is 0.923. The van der Waals surface area contributed by atoms with Gasteiger partial charge in [0.2, 0.25) is 0 Å². The molecule has 0 aliphatic heterocycles. The van der Waals surface area contributed by atoms with E-state index in [2.05, 4.69) is 0 Å². The molecule has 0 spiro atoms. The molecule has 0 bridgehead atoms. The van der Waals surface area contributed by atoms with Gasteiger partial charge in [0.25, 0.3) is 0 Å². The summed E-state index contributed by atoms with van der Waals surface area (Å²) in [5.41, 5.74) is 1.21. The molecule has 0 amide bonds. The first-order chi connectivity index (χ1) is 6.20. The minimum atomic E-state index is 0.133. The molecule has 1 aromatic rings.